The minimum Gasteiger partial charge on any atom is -0.355 e. The van der Waals surface area contributed by atoms with E-state index in [0.717, 1.165) is 27.7 Å². The van der Waals surface area contributed by atoms with Gasteiger partial charge in [-0.25, -0.2) is 4.98 Å². The molecular formula is C28H23N3O. The van der Waals surface area contributed by atoms with Crippen molar-refractivity contribution in [2.45, 2.75) is 12.6 Å². The third kappa shape index (κ3) is 4.03. The van der Waals surface area contributed by atoms with E-state index in [4.69, 9.17) is 4.98 Å². The lowest BCUT2D eigenvalue weighted by Crippen LogP contribution is -2.27. The molecule has 5 aromatic rings. The first kappa shape index (κ1) is 19.8. The average molecular weight is 418 g/mol. The molecule has 4 nitrogen and oxygen atoms in total. The smallest absolute Gasteiger partial charge is 0.294 e. The van der Waals surface area contributed by atoms with E-state index < -0.39 is 0 Å². The lowest BCUT2D eigenvalue weighted by molar-refractivity contribution is 0.782. The summed E-state index contributed by atoms with van der Waals surface area (Å²) in [5.41, 5.74) is 4.68. The van der Waals surface area contributed by atoms with Gasteiger partial charge in [0.15, 0.2) is 5.82 Å². The van der Waals surface area contributed by atoms with Crippen molar-refractivity contribution in [2.24, 2.45) is 0 Å². The Morgan fingerprint density at radius 1 is 0.688 bits per heavy atom. The van der Waals surface area contributed by atoms with E-state index in [9.17, 15) is 4.79 Å². The van der Waals surface area contributed by atoms with Crippen molar-refractivity contribution in [3.8, 4) is 0 Å². The topological polar surface area (TPSA) is 46.9 Å². The standard InChI is InChI=1S/C28H23N3O/c32-28-27(30-26(22-14-6-2-7-15-22)23-16-8-3-9-17-23)29-24-18-10-11-19-25(24)31(28)20-21-12-4-1-5-13-21/h1-19,26H,20H2,(H,29,30). The third-order valence-electron chi connectivity index (χ3n) is 5.58. The highest BCUT2D eigenvalue weighted by atomic mass is 16.1. The number of para-hydroxylation sites is 2. The van der Waals surface area contributed by atoms with Gasteiger partial charge in [-0.05, 0) is 28.8 Å². The Labute approximate surface area is 186 Å². The van der Waals surface area contributed by atoms with Crippen LogP contribution in [-0.2, 0) is 6.54 Å². The summed E-state index contributed by atoms with van der Waals surface area (Å²) in [6, 6.07) is 37.9. The van der Waals surface area contributed by atoms with Crippen LogP contribution in [0.4, 0.5) is 5.82 Å². The molecule has 1 N–H and O–H groups in total. The van der Waals surface area contributed by atoms with E-state index in [0.29, 0.717) is 12.4 Å². The van der Waals surface area contributed by atoms with Crippen molar-refractivity contribution in [3.05, 3.63) is 142 Å². The van der Waals surface area contributed by atoms with Gasteiger partial charge >= 0.3 is 0 Å². The molecule has 32 heavy (non-hydrogen) atoms. The Hall–Kier alpha value is -4.18. The second-order valence-corrected chi connectivity index (χ2v) is 7.72. The highest BCUT2D eigenvalue weighted by Gasteiger charge is 2.18. The molecule has 0 amide bonds. The fourth-order valence-electron chi connectivity index (χ4n) is 4.00. The second-order valence-electron chi connectivity index (χ2n) is 7.72. The van der Waals surface area contributed by atoms with Crippen LogP contribution in [-0.4, -0.2) is 9.55 Å². The molecule has 0 bridgehead atoms. The minimum atomic E-state index is -0.191. The van der Waals surface area contributed by atoms with Gasteiger partial charge in [-0.1, -0.05) is 103 Å². The molecule has 0 unspecified atom stereocenters. The van der Waals surface area contributed by atoms with Gasteiger partial charge < -0.3 is 5.32 Å². The van der Waals surface area contributed by atoms with Crippen LogP contribution in [0.5, 0.6) is 0 Å². The SMILES string of the molecule is O=c1c(NC(c2ccccc2)c2ccccc2)nc2ccccc2n1Cc1ccccc1. The van der Waals surface area contributed by atoms with E-state index in [2.05, 4.69) is 29.6 Å². The summed E-state index contributed by atoms with van der Waals surface area (Å²) >= 11 is 0. The summed E-state index contributed by atoms with van der Waals surface area (Å²) in [4.78, 5) is 18.3. The summed E-state index contributed by atoms with van der Waals surface area (Å²) in [7, 11) is 0. The van der Waals surface area contributed by atoms with Gasteiger partial charge in [0.25, 0.3) is 5.56 Å². The molecule has 0 aliphatic rings. The van der Waals surface area contributed by atoms with E-state index in [-0.39, 0.29) is 11.6 Å². The molecule has 0 aliphatic heterocycles. The predicted octanol–water partition coefficient (Wildman–Crippen LogP) is 5.65. The molecule has 5 rings (SSSR count). The summed E-state index contributed by atoms with van der Waals surface area (Å²) in [6.45, 7) is 0.485. The van der Waals surface area contributed by atoms with E-state index in [1.807, 2.05) is 91.0 Å². The van der Waals surface area contributed by atoms with Crippen LogP contribution in [0.1, 0.15) is 22.7 Å². The molecule has 4 aromatic carbocycles. The molecule has 0 saturated heterocycles. The maximum absolute atomic E-state index is 13.6. The van der Waals surface area contributed by atoms with Crippen molar-refractivity contribution in [3.63, 3.8) is 0 Å². The zero-order valence-corrected chi connectivity index (χ0v) is 17.6. The van der Waals surface area contributed by atoms with E-state index >= 15 is 0 Å². The van der Waals surface area contributed by atoms with Gasteiger partial charge in [-0.3, -0.25) is 9.36 Å². The first-order chi connectivity index (χ1) is 15.8. The number of rotatable bonds is 6. The number of hydrogen-bond acceptors (Lipinski definition) is 3. The van der Waals surface area contributed by atoms with Crippen molar-refractivity contribution >= 4 is 16.9 Å². The largest absolute Gasteiger partial charge is 0.355 e. The molecule has 1 aromatic heterocycles. The quantitative estimate of drug-likeness (QED) is 0.389. The first-order valence-electron chi connectivity index (χ1n) is 10.7. The van der Waals surface area contributed by atoms with Crippen molar-refractivity contribution in [2.75, 3.05) is 5.32 Å². The molecule has 0 fully saturated rings. The van der Waals surface area contributed by atoms with Gasteiger partial charge in [0.2, 0.25) is 0 Å². The van der Waals surface area contributed by atoms with Crippen LogP contribution < -0.4 is 10.9 Å². The number of fused-ring (bicyclic) bond motifs is 1. The maximum atomic E-state index is 13.6. The van der Waals surface area contributed by atoms with Crippen LogP contribution in [0, 0.1) is 0 Å². The second kappa shape index (κ2) is 8.90. The molecule has 4 heteroatoms. The zero-order chi connectivity index (χ0) is 21.8. The van der Waals surface area contributed by atoms with Gasteiger partial charge in [-0.15, -0.1) is 0 Å². The van der Waals surface area contributed by atoms with Gasteiger partial charge in [0, 0.05) is 0 Å². The molecule has 0 spiro atoms. The van der Waals surface area contributed by atoms with Crippen LogP contribution in [0.2, 0.25) is 0 Å². The predicted molar refractivity (Wildman–Crippen MR) is 130 cm³/mol. The fourth-order valence-corrected chi connectivity index (χ4v) is 4.00. The summed E-state index contributed by atoms with van der Waals surface area (Å²) in [5, 5.41) is 3.45. The van der Waals surface area contributed by atoms with Crippen LogP contribution in [0.3, 0.4) is 0 Å². The third-order valence-corrected chi connectivity index (χ3v) is 5.58. The minimum absolute atomic E-state index is 0.135. The van der Waals surface area contributed by atoms with Crippen LogP contribution in [0.25, 0.3) is 11.0 Å². The van der Waals surface area contributed by atoms with Crippen molar-refractivity contribution in [1.82, 2.24) is 9.55 Å². The van der Waals surface area contributed by atoms with Crippen molar-refractivity contribution in [1.29, 1.82) is 0 Å². The molecular weight excluding hydrogens is 394 g/mol. The number of nitrogens with one attached hydrogen (secondary N) is 1. The number of nitrogens with zero attached hydrogens (tertiary/aromatic N) is 2. The number of hydrogen-bond donors (Lipinski definition) is 1. The molecule has 0 atom stereocenters. The lowest BCUT2D eigenvalue weighted by Gasteiger charge is -2.21. The van der Waals surface area contributed by atoms with E-state index in [1.54, 1.807) is 4.57 Å². The Morgan fingerprint density at radius 3 is 1.84 bits per heavy atom. The summed E-state index contributed by atoms with van der Waals surface area (Å²) in [6.07, 6.45) is 0. The molecule has 156 valence electrons. The molecule has 0 radical (unpaired) electrons. The molecule has 1 heterocycles. The normalized spacial score (nSPS) is 11.0. The van der Waals surface area contributed by atoms with Crippen molar-refractivity contribution < 1.29 is 0 Å². The van der Waals surface area contributed by atoms with Gasteiger partial charge in [0.05, 0.1) is 23.6 Å². The average Bonchev–Trinajstić information content (AvgIpc) is 2.86. The van der Waals surface area contributed by atoms with Crippen LogP contribution in [0.15, 0.2) is 120 Å². The highest BCUT2D eigenvalue weighted by molar-refractivity contribution is 5.76. The summed E-state index contributed by atoms with van der Waals surface area (Å²) < 4.78 is 1.80. The zero-order valence-electron chi connectivity index (χ0n) is 17.6. The highest BCUT2D eigenvalue weighted by Crippen LogP contribution is 2.25. The first-order valence-corrected chi connectivity index (χ1v) is 10.7. The van der Waals surface area contributed by atoms with Gasteiger partial charge in [-0.2, -0.15) is 0 Å². The maximum Gasteiger partial charge on any atom is 0.294 e. The monoisotopic (exact) mass is 417 g/mol. The van der Waals surface area contributed by atoms with Crippen LogP contribution >= 0.6 is 0 Å². The number of anilines is 1. The summed E-state index contributed by atoms with van der Waals surface area (Å²) in [5.74, 6) is 0.345. The Kier molecular flexibility index (Phi) is 5.50. The van der Waals surface area contributed by atoms with Gasteiger partial charge in [0.1, 0.15) is 0 Å². The lowest BCUT2D eigenvalue weighted by atomic mass is 9.99. The fraction of sp³-hybridized carbons (Fsp3) is 0.0714. The number of benzene rings is 4. The number of aromatic nitrogens is 2. The molecule has 0 aliphatic carbocycles. The molecule has 0 saturated carbocycles. The Balaban J connectivity index is 1.63. The Morgan fingerprint density at radius 2 is 1.22 bits per heavy atom. The van der Waals surface area contributed by atoms with E-state index in [1.165, 1.54) is 0 Å². The Bertz CT molecular complexity index is 1340.